The summed E-state index contributed by atoms with van der Waals surface area (Å²) in [5.41, 5.74) is 5.51. The summed E-state index contributed by atoms with van der Waals surface area (Å²) in [5.74, 6) is 0.859. The molecule has 3 aromatic rings. The van der Waals surface area contributed by atoms with Crippen LogP contribution in [-0.2, 0) is 18.3 Å². The summed E-state index contributed by atoms with van der Waals surface area (Å²) in [5, 5.41) is 13.2. The van der Waals surface area contributed by atoms with Gasteiger partial charge in [0.15, 0.2) is 0 Å². The van der Waals surface area contributed by atoms with Gasteiger partial charge in [0, 0.05) is 31.9 Å². The highest BCUT2D eigenvalue weighted by Gasteiger charge is 2.39. The number of aliphatic hydroxyl groups excluding tert-OH is 1. The van der Waals surface area contributed by atoms with Gasteiger partial charge >= 0.3 is 6.09 Å². The lowest BCUT2D eigenvalue weighted by Crippen LogP contribution is -2.37. The number of allylic oxidation sites excluding steroid dienone is 1. The largest absolute Gasteiger partial charge is 0.443 e. The van der Waals surface area contributed by atoms with E-state index in [-0.39, 0.29) is 12.6 Å². The maximum absolute atomic E-state index is 13.9. The van der Waals surface area contributed by atoms with E-state index in [1.165, 1.54) is 0 Å². The van der Waals surface area contributed by atoms with Gasteiger partial charge in [-0.1, -0.05) is 6.08 Å². The van der Waals surface area contributed by atoms with Gasteiger partial charge in [-0.25, -0.2) is 19.7 Å². The minimum absolute atomic E-state index is 0.0724. The zero-order valence-electron chi connectivity index (χ0n) is 25.8. The van der Waals surface area contributed by atoms with Crippen LogP contribution in [0.15, 0.2) is 47.7 Å². The molecule has 1 aromatic carbocycles. The molecular weight excluding hydrogens is 544 g/mol. The van der Waals surface area contributed by atoms with E-state index >= 15 is 0 Å². The third-order valence-corrected chi connectivity index (χ3v) is 7.90. The zero-order chi connectivity index (χ0) is 31.1. The highest BCUT2D eigenvalue weighted by Crippen LogP contribution is 2.42. The third kappa shape index (κ3) is 5.92. The van der Waals surface area contributed by atoms with Gasteiger partial charge in [0.1, 0.15) is 17.2 Å². The first-order valence-corrected chi connectivity index (χ1v) is 14.6. The summed E-state index contributed by atoms with van der Waals surface area (Å²) in [6.07, 6.45) is 6.25. The van der Waals surface area contributed by atoms with E-state index in [1.807, 2.05) is 62.0 Å². The minimum Gasteiger partial charge on any atom is -0.443 e. The van der Waals surface area contributed by atoms with Gasteiger partial charge in [-0.15, -0.1) is 0 Å². The fourth-order valence-corrected chi connectivity index (χ4v) is 5.86. The van der Waals surface area contributed by atoms with E-state index in [4.69, 9.17) is 4.74 Å². The number of aryl methyl sites for hydroxylation is 2. The Morgan fingerprint density at radius 2 is 1.95 bits per heavy atom. The van der Waals surface area contributed by atoms with E-state index in [9.17, 15) is 14.7 Å². The number of anilines is 3. The Balaban J connectivity index is 1.56. The molecule has 0 atom stereocenters. The maximum atomic E-state index is 13.9. The van der Waals surface area contributed by atoms with Gasteiger partial charge in [0.05, 0.1) is 35.8 Å². The Bertz CT molecular complexity index is 1590. The number of nitrogens with zero attached hydrogens (tertiary/aromatic N) is 5. The van der Waals surface area contributed by atoms with Gasteiger partial charge in [-0.2, -0.15) is 0 Å². The van der Waals surface area contributed by atoms with Crippen LogP contribution in [0.25, 0.3) is 5.57 Å². The highest BCUT2D eigenvalue weighted by atomic mass is 16.6. The number of hydrogen-bond acceptors (Lipinski definition) is 8. The number of nitrogens with one attached hydrogen (secondary N) is 1. The molecule has 2 aliphatic rings. The number of ether oxygens (including phenoxy) is 1. The van der Waals surface area contributed by atoms with Crippen LogP contribution in [0.4, 0.5) is 27.8 Å². The number of hydrogen-bond donors (Lipinski definition) is 2. The van der Waals surface area contributed by atoms with E-state index in [1.54, 1.807) is 27.0 Å². The molecular formula is C33H40N6O4. The molecule has 0 bridgehead atoms. The predicted octanol–water partition coefficient (Wildman–Crippen LogP) is 6.11. The summed E-state index contributed by atoms with van der Waals surface area (Å²) >= 11 is 0. The number of rotatable bonds is 6. The average Bonchev–Trinajstić information content (AvgIpc) is 3.50. The average molecular weight is 585 g/mol. The second kappa shape index (κ2) is 11.7. The predicted molar refractivity (Wildman–Crippen MR) is 170 cm³/mol. The van der Waals surface area contributed by atoms with Crippen molar-refractivity contribution in [2.24, 2.45) is 12.0 Å². The van der Waals surface area contributed by atoms with E-state index < -0.39 is 17.6 Å². The van der Waals surface area contributed by atoms with E-state index in [0.29, 0.717) is 22.9 Å². The Hall–Kier alpha value is -4.44. The van der Waals surface area contributed by atoms with Crippen molar-refractivity contribution in [3.8, 4) is 0 Å². The lowest BCUT2D eigenvalue weighted by Gasteiger charge is -2.31. The summed E-state index contributed by atoms with van der Waals surface area (Å²) in [4.78, 5) is 39.4. The Labute approximate surface area is 252 Å². The molecule has 2 amide bonds. The SMILES string of the molecule is C=Nc1c(/C(=C\C)c2c(C)cc(Nc3ccc(N4CCC(O)CC4)cn3)c3c2CN(C(=O)OC(C)(C)C)C3=O)ccn1C. The number of aromatic nitrogens is 2. The maximum Gasteiger partial charge on any atom is 0.417 e. The topological polar surface area (TPSA) is 112 Å². The van der Waals surface area contributed by atoms with Gasteiger partial charge in [-0.3, -0.25) is 4.79 Å². The minimum atomic E-state index is -0.757. The molecule has 226 valence electrons. The zero-order valence-corrected chi connectivity index (χ0v) is 25.8. The number of imide groups is 1. The number of pyridine rings is 1. The smallest absolute Gasteiger partial charge is 0.417 e. The second-order valence-electron chi connectivity index (χ2n) is 12.1. The number of carbonyl (C=O) groups excluding carboxylic acids is 2. The fourth-order valence-electron chi connectivity index (χ4n) is 5.86. The van der Waals surface area contributed by atoms with Crippen molar-refractivity contribution in [2.75, 3.05) is 23.3 Å². The summed E-state index contributed by atoms with van der Waals surface area (Å²) in [6.45, 7) is 14.7. The Morgan fingerprint density at radius 3 is 2.56 bits per heavy atom. The lowest BCUT2D eigenvalue weighted by molar-refractivity contribution is 0.0248. The van der Waals surface area contributed by atoms with E-state index in [2.05, 4.69) is 26.9 Å². The quantitative estimate of drug-likeness (QED) is 0.336. The van der Waals surface area contributed by atoms with Crippen molar-refractivity contribution < 1.29 is 19.4 Å². The first-order valence-electron chi connectivity index (χ1n) is 14.6. The van der Waals surface area contributed by atoms with Crippen LogP contribution in [0.5, 0.6) is 0 Å². The van der Waals surface area contributed by atoms with Gasteiger partial charge in [0.25, 0.3) is 5.91 Å². The molecule has 10 nitrogen and oxygen atoms in total. The Morgan fingerprint density at radius 1 is 1.23 bits per heavy atom. The molecule has 1 saturated heterocycles. The molecule has 0 aliphatic carbocycles. The summed E-state index contributed by atoms with van der Waals surface area (Å²) < 4.78 is 7.51. The van der Waals surface area contributed by atoms with Crippen molar-refractivity contribution in [2.45, 2.75) is 65.7 Å². The third-order valence-electron chi connectivity index (χ3n) is 7.90. The molecule has 2 aromatic heterocycles. The van der Waals surface area contributed by atoms with Crippen LogP contribution in [-0.4, -0.2) is 63.1 Å². The molecule has 5 rings (SSSR count). The van der Waals surface area contributed by atoms with Crippen LogP contribution in [0.3, 0.4) is 0 Å². The van der Waals surface area contributed by atoms with Crippen LogP contribution in [0.1, 0.15) is 73.1 Å². The number of benzene rings is 1. The van der Waals surface area contributed by atoms with Crippen LogP contribution in [0, 0.1) is 6.92 Å². The molecule has 10 heteroatoms. The van der Waals surface area contributed by atoms with Gasteiger partial charge < -0.3 is 24.6 Å². The molecule has 2 N–H and O–H groups in total. The number of fused-ring (bicyclic) bond motifs is 1. The molecule has 0 radical (unpaired) electrons. The number of aliphatic hydroxyl groups is 1. The van der Waals surface area contributed by atoms with Crippen molar-refractivity contribution in [1.82, 2.24) is 14.5 Å². The van der Waals surface area contributed by atoms with Gasteiger partial charge in [-0.05, 0) is 101 Å². The van der Waals surface area contributed by atoms with Crippen molar-refractivity contribution in [3.63, 3.8) is 0 Å². The first kappa shape index (κ1) is 30.0. The number of piperidine rings is 1. The fraction of sp³-hybridized carbons (Fsp3) is 0.394. The van der Waals surface area contributed by atoms with Crippen molar-refractivity contribution in [1.29, 1.82) is 0 Å². The molecule has 2 aliphatic heterocycles. The normalized spacial score (nSPS) is 16.0. The van der Waals surface area contributed by atoms with Crippen LogP contribution in [0.2, 0.25) is 0 Å². The summed E-state index contributed by atoms with van der Waals surface area (Å²) in [7, 11) is 1.91. The van der Waals surface area contributed by atoms with Crippen molar-refractivity contribution in [3.05, 3.63) is 70.6 Å². The van der Waals surface area contributed by atoms with Crippen LogP contribution >= 0.6 is 0 Å². The Kier molecular flexibility index (Phi) is 8.16. The van der Waals surface area contributed by atoms with Gasteiger partial charge in [0.2, 0.25) is 0 Å². The standard InChI is InChI=1S/C33H40N6O4/c1-8-23(24-13-14-37(7)30(24)34-6)28-20(2)17-26(29-25(28)19-39(31(29)41)32(42)43-33(3,4)5)36-27-10-9-21(18-35-27)38-15-11-22(40)12-16-38/h8-10,13-14,17-18,22,40H,6,11-12,15-16,19H2,1-5,7H3,(H,35,36)/b23-8+. The number of carbonyl (C=O) groups is 2. The number of amides is 2. The molecule has 0 unspecified atom stereocenters. The molecule has 1 fully saturated rings. The first-order chi connectivity index (χ1) is 20.4. The molecule has 0 saturated carbocycles. The highest BCUT2D eigenvalue weighted by molar-refractivity contribution is 6.12. The molecule has 0 spiro atoms. The van der Waals surface area contributed by atoms with Crippen molar-refractivity contribution >= 4 is 47.3 Å². The summed E-state index contributed by atoms with van der Waals surface area (Å²) in [6, 6.07) is 7.78. The van der Waals surface area contributed by atoms with E-state index in [0.717, 1.165) is 64.3 Å². The van der Waals surface area contributed by atoms with Crippen LogP contribution < -0.4 is 10.2 Å². The second-order valence-corrected chi connectivity index (χ2v) is 12.1. The monoisotopic (exact) mass is 584 g/mol. The molecule has 4 heterocycles. The lowest BCUT2D eigenvalue weighted by atomic mass is 9.88. The number of aliphatic imine (C=N–C) groups is 1. The molecule has 43 heavy (non-hydrogen) atoms.